The minimum atomic E-state index is -0.0949. The second-order valence-electron chi connectivity index (χ2n) is 1.79. The number of rotatable bonds is 0. The first-order chi connectivity index (χ1) is 3.72. The Morgan fingerprint density at radius 2 is 1.18 bits per heavy atom. The molecule has 0 unspecified atom stereocenters. The summed E-state index contributed by atoms with van der Waals surface area (Å²) in [5.74, 6) is -0.188. The Bertz CT molecular complexity index is 182. The molecule has 0 heterocycles. The van der Waals surface area contributed by atoms with Crippen molar-refractivity contribution in [3.05, 3.63) is 31.2 Å². The molecule has 9 radical (unpaired) electrons. The van der Waals surface area contributed by atoms with E-state index in [4.69, 9.17) is 6.58 Å². The summed E-state index contributed by atoms with van der Waals surface area (Å²) < 4.78 is 0. The zero-order valence-corrected chi connectivity index (χ0v) is 35.2. The number of hydrogen-bond acceptors (Lipinski definition) is 1. The van der Waals surface area contributed by atoms with Crippen molar-refractivity contribution in [3.8, 4) is 0 Å². The maximum atomic E-state index is 10.5. The molecule has 0 bridgehead atoms. The zero-order valence-electron chi connectivity index (χ0n) is 9.62. The predicted octanol–water partition coefficient (Wildman–Crippen LogP) is 0.912. The fraction of sp³-hybridized carbons (Fsp3) is 0.143. The van der Waals surface area contributed by atoms with Crippen LogP contribution in [-0.4, -0.2) is 5.78 Å². The molecular weight excluding hydrogens is 900 g/mol. The Hall–Kier alpha value is 9.09. The Balaban J connectivity index is -0.0000000102. The summed E-state index contributed by atoms with van der Waals surface area (Å²) in [6.07, 6.45) is 3.14. The molecular formula is C7H6OY9-2. The largest absolute Gasteiger partial charge is 0.402 e. The van der Waals surface area contributed by atoms with Gasteiger partial charge in [-0.2, -0.15) is 5.92 Å². The summed E-state index contributed by atoms with van der Waals surface area (Å²) in [6, 6.07) is 0. The molecule has 69 valence electrons. The molecule has 0 N–H and O–H groups in total. The number of carbonyl (C=O) groups excluding carboxylic acids is 1. The van der Waals surface area contributed by atoms with Crippen LogP contribution in [0.3, 0.4) is 0 Å². The maximum Gasteiger partial charge on any atom is 0.0223 e. The van der Waals surface area contributed by atoms with Gasteiger partial charge >= 0.3 is 0 Å². The van der Waals surface area contributed by atoms with E-state index in [1.165, 1.54) is 6.08 Å². The van der Waals surface area contributed by atoms with Gasteiger partial charge in [-0.05, 0) is 0 Å². The van der Waals surface area contributed by atoms with E-state index in [0.29, 0.717) is 5.57 Å². The van der Waals surface area contributed by atoms with E-state index in [1.807, 2.05) is 0 Å². The van der Waals surface area contributed by atoms with Gasteiger partial charge in [0.25, 0.3) is 0 Å². The van der Waals surface area contributed by atoms with Crippen LogP contribution in [0.1, 0.15) is 0 Å². The summed E-state index contributed by atoms with van der Waals surface area (Å²) in [5.41, 5.74) is 0.352. The minimum Gasteiger partial charge on any atom is -0.402 e. The molecule has 0 fully saturated rings. The smallest absolute Gasteiger partial charge is 0.0223 e. The monoisotopic (exact) mass is 906 g/mol. The van der Waals surface area contributed by atoms with Crippen molar-refractivity contribution in [2.45, 2.75) is 0 Å². The molecule has 1 rings (SSSR count). The third-order valence-electron chi connectivity index (χ3n) is 1.16. The van der Waals surface area contributed by atoms with Crippen molar-refractivity contribution in [2.75, 3.05) is 0 Å². The van der Waals surface area contributed by atoms with Crippen LogP contribution in [0, 0.1) is 19.4 Å². The standard InChI is InChI=1S/C7H6O.9Y/c1-5-3-4-7(8)6(5)2;;;;;;;;;/h2-5H,1H2;;;;;;;;;/q-2;;;;;;;;;/t5-;;;;;;;;;/m0........./s1. The zero-order chi connectivity index (χ0) is 6.15. The number of hydrogen-bond donors (Lipinski definition) is 0. The van der Waals surface area contributed by atoms with Crippen LogP contribution >= 0.6 is 0 Å². The first-order valence-electron chi connectivity index (χ1n) is 2.40. The molecule has 0 aromatic rings. The fourth-order valence-corrected chi connectivity index (χ4v) is 0.586. The number of carbonyl (C=O) groups is 1. The van der Waals surface area contributed by atoms with Crippen molar-refractivity contribution in [1.29, 1.82) is 0 Å². The summed E-state index contributed by atoms with van der Waals surface area (Å²) in [4.78, 5) is 10.5. The normalized spacial score (nSPS) is 12.9. The van der Waals surface area contributed by atoms with E-state index < -0.39 is 0 Å². The van der Waals surface area contributed by atoms with Crippen LogP contribution in [0.5, 0.6) is 0 Å². The average molecular weight is 906 g/mol. The van der Waals surface area contributed by atoms with Gasteiger partial charge in [-0.25, -0.2) is 5.57 Å². The van der Waals surface area contributed by atoms with E-state index in [0.717, 1.165) is 0 Å². The van der Waals surface area contributed by atoms with Crippen LogP contribution < -0.4 is 0 Å². The van der Waals surface area contributed by atoms with E-state index in [9.17, 15) is 4.79 Å². The molecule has 0 aromatic heterocycles. The molecule has 10 heteroatoms. The molecule has 17 heavy (non-hydrogen) atoms. The maximum absolute atomic E-state index is 10.5. The van der Waals surface area contributed by atoms with E-state index in [1.54, 1.807) is 6.08 Å². The van der Waals surface area contributed by atoms with E-state index in [-0.39, 0.29) is 306 Å². The van der Waals surface area contributed by atoms with Gasteiger partial charge in [0.1, 0.15) is 0 Å². The average Bonchev–Trinajstić information content (AvgIpc) is 1.98. The van der Waals surface area contributed by atoms with Crippen LogP contribution in [-0.2, 0) is 299 Å². The second kappa shape index (κ2) is 36.1. The van der Waals surface area contributed by atoms with Gasteiger partial charge in [0.15, 0.2) is 0 Å². The first-order valence-corrected chi connectivity index (χ1v) is 2.40. The first kappa shape index (κ1) is 56.2. The minimum absolute atomic E-state index is 0. The molecule has 1 atom stereocenters. The third kappa shape index (κ3) is 27.4. The molecule has 0 amide bonds. The van der Waals surface area contributed by atoms with Gasteiger partial charge in [0.2, 0.25) is 0 Å². The van der Waals surface area contributed by atoms with Crippen molar-refractivity contribution in [3.63, 3.8) is 0 Å². The van der Waals surface area contributed by atoms with Gasteiger partial charge < -0.3 is 11.7 Å². The molecule has 0 aromatic carbocycles. The SMILES string of the molecule is [CH-]=C1C(=O)C=C[C@@H]1[CH2-].[Y].[Y].[Y].[Y].[Y].[Y].[Y].[Y].[Y]. The molecule has 0 saturated heterocycles. The van der Waals surface area contributed by atoms with E-state index in [2.05, 4.69) is 6.92 Å². The van der Waals surface area contributed by atoms with Crippen molar-refractivity contribution < 1.29 is 299 Å². The molecule has 1 aliphatic carbocycles. The summed E-state index contributed by atoms with van der Waals surface area (Å²) in [5, 5.41) is 0. The molecule has 0 saturated carbocycles. The molecule has 0 spiro atoms. The second-order valence-corrected chi connectivity index (χ2v) is 1.79. The van der Waals surface area contributed by atoms with Gasteiger partial charge in [-0.1, -0.05) is 0 Å². The Kier molecular flexibility index (Phi) is 119. The summed E-state index contributed by atoms with van der Waals surface area (Å²) in [7, 11) is 0. The van der Waals surface area contributed by atoms with Crippen molar-refractivity contribution in [1.82, 2.24) is 0 Å². The Morgan fingerprint density at radius 1 is 0.882 bits per heavy atom. The Labute approximate surface area is 331 Å². The van der Waals surface area contributed by atoms with Gasteiger partial charge in [0, 0.05) is 300 Å². The predicted molar refractivity (Wildman–Crippen MR) is 30.8 cm³/mol. The summed E-state index contributed by atoms with van der Waals surface area (Å²) in [6.45, 7) is 8.86. The quantitative estimate of drug-likeness (QED) is 0.262. The van der Waals surface area contributed by atoms with Crippen LogP contribution in [0.25, 0.3) is 0 Å². The fourth-order valence-electron chi connectivity index (χ4n) is 0.586. The van der Waals surface area contributed by atoms with Gasteiger partial charge in [0.05, 0.1) is 0 Å². The Morgan fingerprint density at radius 3 is 1.24 bits per heavy atom. The number of ketones is 1. The molecule has 1 nitrogen and oxygen atoms in total. The van der Waals surface area contributed by atoms with Crippen molar-refractivity contribution in [2.24, 2.45) is 5.92 Å². The molecule has 0 aliphatic heterocycles. The van der Waals surface area contributed by atoms with Crippen LogP contribution in [0.2, 0.25) is 0 Å². The summed E-state index contributed by atoms with van der Waals surface area (Å²) >= 11 is 0. The van der Waals surface area contributed by atoms with Crippen molar-refractivity contribution >= 4 is 5.78 Å². The third-order valence-corrected chi connectivity index (χ3v) is 1.16. The van der Waals surface area contributed by atoms with Crippen LogP contribution in [0.15, 0.2) is 17.7 Å². The number of allylic oxidation sites excluding steroid dienone is 3. The van der Waals surface area contributed by atoms with Gasteiger partial charge in [-0.3, -0.25) is 6.58 Å². The van der Waals surface area contributed by atoms with Crippen LogP contribution in [0.4, 0.5) is 0 Å². The van der Waals surface area contributed by atoms with Gasteiger partial charge in [-0.15, -0.1) is 12.2 Å². The topological polar surface area (TPSA) is 17.1 Å². The molecule has 1 aliphatic rings. The van der Waals surface area contributed by atoms with E-state index >= 15 is 0 Å².